The average molecular weight is 335 g/mol. The van der Waals surface area contributed by atoms with Gasteiger partial charge in [-0.2, -0.15) is 0 Å². The maximum atomic E-state index is 12.9. The first-order chi connectivity index (χ1) is 7.69. The summed E-state index contributed by atoms with van der Waals surface area (Å²) in [5.41, 5.74) is 1.02. The molecule has 1 saturated carbocycles. The van der Waals surface area contributed by atoms with Crippen LogP contribution in [0.5, 0.6) is 0 Å². The first-order valence-corrected chi connectivity index (χ1v) is 6.60. The molecule has 0 aromatic heterocycles. The zero-order valence-electron chi connectivity index (χ0n) is 9.17. The zero-order chi connectivity index (χ0) is 11.5. The van der Waals surface area contributed by atoms with Crippen LogP contribution < -0.4 is 5.32 Å². The molecule has 0 saturated heterocycles. The van der Waals surface area contributed by atoms with Gasteiger partial charge < -0.3 is 10.1 Å². The van der Waals surface area contributed by atoms with Crippen molar-refractivity contribution in [2.75, 3.05) is 11.9 Å². The van der Waals surface area contributed by atoms with Crippen LogP contribution in [0.3, 0.4) is 0 Å². The third kappa shape index (κ3) is 2.85. The van der Waals surface area contributed by atoms with Crippen LogP contribution in [0.4, 0.5) is 10.1 Å². The van der Waals surface area contributed by atoms with E-state index in [9.17, 15) is 4.39 Å². The van der Waals surface area contributed by atoms with E-state index in [0.29, 0.717) is 12.1 Å². The van der Waals surface area contributed by atoms with E-state index in [4.69, 9.17) is 4.74 Å². The molecule has 1 aliphatic carbocycles. The number of rotatable bonds is 4. The SMILES string of the molecule is CCOC1CC(Nc2ccc(F)cc2I)C1. The van der Waals surface area contributed by atoms with Crippen LogP contribution in [0.1, 0.15) is 19.8 Å². The Morgan fingerprint density at radius 3 is 2.88 bits per heavy atom. The van der Waals surface area contributed by atoms with Crippen LogP contribution in [-0.2, 0) is 4.74 Å². The Labute approximate surface area is 109 Å². The second-order valence-electron chi connectivity index (χ2n) is 4.01. The van der Waals surface area contributed by atoms with Crippen LogP contribution in [0, 0.1) is 9.39 Å². The first kappa shape index (κ1) is 12.1. The van der Waals surface area contributed by atoms with Gasteiger partial charge in [-0.05, 0) is 60.6 Å². The van der Waals surface area contributed by atoms with Crippen molar-refractivity contribution in [3.05, 3.63) is 27.6 Å². The highest BCUT2D eigenvalue weighted by atomic mass is 127. The Kier molecular flexibility index (Phi) is 4.02. The van der Waals surface area contributed by atoms with Crippen molar-refractivity contribution in [3.8, 4) is 0 Å². The molecule has 2 nitrogen and oxygen atoms in total. The number of benzene rings is 1. The zero-order valence-corrected chi connectivity index (χ0v) is 11.3. The highest BCUT2D eigenvalue weighted by Crippen LogP contribution is 2.28. The molecular weight excluding hydrogens is 320 g/mol. The quantitative estimate of drug-likeness (QED) is 0.852. The van der Waals surface area contributed by atoms with Gasteiger partial charge in [-0.25, -0.2) is 4.39 Å². The Morgan fingerprint density at radius 2 is 2.25 bits per heavy atom. The predicted octanol–water partition coefficient (Wildman–Crippen LogP) is 3.41. The summed E-state index contributed by atoms with van der Waals surface area (Å²) in [4.78, 5) is 0. The minimum absolute atomic E-state index is 0.184. The second-order valence-corrected chi connectivity index (χ2v) is 5.18. The van der Waals surface area contributed by atoms with Gasteiger partial charge in [-0.15, -0.1) is 0 Å². The van der Waals surface area contributed by atoms with E-state index in [2.05, 4.69) is 27.9 Å². The molecule has 88 valence electrons. The molecule has 0 amide bonds. The van der Waals surface area contributed by atoms with Gasteiger partial charge in [0.25, 0.3) is 0 Å². The van der Waals surface area contributed by atoms with E-state index >= 15 is 0 Å². The van der Waals surface area contributed by atoms with Gasteiger partial charge in [0.15, 0.2) is 0 Å². The van der Waals surface area contributed by atoms with Crippen molar-refractivity contribution in [1.82, 2.24) is 0 Å². The molecule has 0 atom stereocenters. The van der Waals surface area contributed by atoms with Gasteiger partial charge in [-0.3, -0.25) is 0 Å². The van der Waals surface area contributed by atoms with Crippen LogP contribution in [-0.4, -0.2) is 18.8 Å². The summed E-state index contributed by atoms with van der Waals surface area (Å²) in [6, 6.07) is 5.30. The lowest BCUT2D eigenvalue weighted by molar-refractivity contribution is 0.00298. The van der Waals surface area contributed by atoms with Crippen molar-refractivity contribution < 1.29 is 9.13 Å². The number of hydrogen-bond donors (Lipinski definition) is 1. The van der Waals surface area contributed by atoms with E-state index in [1.165, 1.54) is 6.07 Å². The summed E-state index contributed by atoms with van der Waals surface area (Å²) < 4.78 is 19.3. The van der Waals surface area contributed by atoms with Gasteiger partial charge in [0.05, 0.1) is 6.10 Å². The van der Waals surface area contributed by atoms with Gasteiger partial charge in [-0.1, -0.05) is 0 Å². The fraction of sp³-hybridized carbons (Fsp3) is 0.500. The molecule has 0 aliphatic heterocycles. The molecule has 16 heavy (non-hydrogen) atoms. The lowest BCUT2D eigenvalue weighted by Gasteiger charge is -2.36. The largest absolute Gasteiger partial charge is 0.381 e. The topological polar surface area (TPSA) is 21.3 Å². The molecule has 0 heterocycles. The summed E-state index contributed by atoms with van der Waals surface area (Å²) >= 11 is 2.15. The van der Waals surface area contributed by atoms with Crippen molar-refractivity contribution >= 4 is 28.3 Å². The molecule has 2 rings (SSSR count). The van der Waals surface area contributed by atoms with Crippen molar-refractivity contribution in [2.45, 2.75) is 31.9 Å². The molecule has 1 fully saturated rings. The average Bonchev–Trinajstić information content (AvgIpc) is 2.18. The second kappa shape index (κ2) is 5.31. The van der Waals surface area contributed by atoms with Crippen LogP contribution >= 0.6 is 22.6 Å². The normalized spacial score (nSPS) is 23.9. The fourth-order valence-electron chi connectivity index (χ4n) is 1.88. The lowest BCUT2D eigenvalue weighted by Crippen LogP contribution is -2.40. The van der Waals surface area contributed by atoms with Crippen molar-refractivity contribution in [3.63, 3.8) is 0 Å². The van der Waals surface area contributed by atoms with Crippen LogP contribution in [0.2, 0.25) is 0 Å². The van der Waals surface area contributed by atoms with Gasteiger partial charge in [0.2, 0.25) is 0 Å². The van der Waals surface area contributed by atoms with Gasteiger partial charge >= 0.3 is 0 Å². The maximum absolute atomic E-state index is 12.9. The first-order valence-electron chi connectivity index (χ1n) is 5.52. The number of nitrogens with one attached hydrogen (secondary N) is 1. The predicted molar refractivity (Wildman–Crippen MR) is 71.2 cm³/mol. The number of halogens is 2. The molecule has 0 spiro atoms. The summed E-state index contributed by atoms with van der Waals surface area (Å²) in [5.74, 6) is -0.184. The Morgan fingerprint density at radius 1 is 1.50 bits per heavy atom. The van der Waals surface area contributed by atoms with E-state index in [1.54, 1.807) is 12.1 Å². The molecule has 1 N–H and O–H groups in total. The third-order valence-corrected chi connectivity index (χ3v) is 3.68. The van der Waals surface area contributed by atoms with Crippen molar-refractivity contribution in [2.24, 2.45) is 0 Å². The molecule has 0 unspecified atom stereocenters. The highest BCUT2D eigenvalue weighted by molar-refractivity contribution is 14.1. The molecular formula is C12H15FINO. The summed E-state index contributed by atoms with van der Waals surface area (Å²) in [6.07, 6.45) is 2.49. The number of ether oxygens (including phenoxy) is 1. The van der Waals surface area contributed by atoms with Crippen LogP contribution in [0.15, 0.2) is 18.2 Å². The van der Waals surface area contributed by atoms with Crippen LogP contribution in [0.25, 0.3) is 0 Å². The van der Waals surface area contributed by atoms with E-state index in [-0.39, 0.29) is 5.82 Å². The molecule has 0 bridgehead atoms. The number of anilines is 1. The fourth-order valence-corrected chi connectivity index (χ4v) is 2.51. The smallest absolute Gasteiger partial charge is 0.124 e. The summed E-state index contributed by atoms with van der Waals surface area (Å²) in [6.45, 7) is 2.80. The van der Waals surface area contributed by atoms with E-state index in [0.717, 1.165) is 28.7 Å². The molecule has 1 aliphatic rings. The summed E-state index contributed by atoms with van der Waals surface area (Å²) in [5, 5.41) is 3.41. The van der Waals surface area contributed by atoms with E-state index < -0.39 is 0 Å². The molecule has 1 aromatic carbocycles. The molecule has 4 heteroatoms. The maximum Gasteiger partial charge on any atom is 0.124 e. The minimum atomic E-state index is -0.184. The monoisotopic (exact) mass is 335 g/mol. The Balaban J connectivity index is 1.87. The molecule has 0 radical (unpaired) electrons. The highest BCUT2D eigenvalue weighted by Gasteiger charge is 2.29. The third-order valence-electron chi connectivity index (χ3n) is 2.79. The molecule has 1 aromatic rings. The minimum Gasteiger partial charge on any atom is -0.381 e. The van der Waals surface area contributed by atoms with Gasteiger partial charge in [0, 0.05) is 21.9 Å². The standard InChI is InChI=1S/C12H15FINO/c1-2-16-10-6-9(7-10)15-12-4-3-8(13)5-11(12)14/h3-5,9-10,15H,2,6-7H2,1H3. The van der Waals surface area contributed by atoms with Gasteiger partial charge in [0.1, 0.15) is 5.82 Å². The van der Waals surface area contributed by atoms with E-state index in [1.807, 2.05) is 6.92 Å². The Bertz CT molecular complexity index is 366. The Hall–Kier alpha value is -0.360. The lowest BCUT2D eigenvalue weighted by atomic mass is 9.89. The number of hydrogen-bond acceptors (Lipinski definition) is 2. The van der Waals surface area contributed by atoms with Crippen molar-refractivity contribution in [1.29, 1.82) is 0 Å². The summed E-state index contributed by atoms with van der Waals surface area (Å²) in [7, 11) is 0.